The fraction of sp³-hybridized carbons (Fsp3) is 0.600. The maximum absolute atomic E-state index is 6.06. The molecule has 3 heteroatoms. The normalized spacial score (nSPS) is 25.9. The first-order valence-electron chi connectivity index (χ1n) is 7.02. The molecule has 0 bridgehead atoms. The summed E-state index contributed by atoms with van der Waals surface area (Å²) in [6, 6.07) is 9.08. The zero-order chi connectivity index (χ0) is 12.4. The molecule has 2 fully saturated rings. The molecule has 1 atom stereocenters. The van der Waals surface area contributed by atoms with E-state index in [1.807, 2.05) is 6.07 Å². The average molecular weight is 265 g/mol. The Bertz CT molecular complexity index is 407. The number of fused-ring (bicyclic) bond motifs is 1. The van der Waals surface area contributed by atoms with Gasteiger partial charge in [0.2, 0.25) is 0 Å². The van der Waals surface area contributed by atoms with Crippen LogP contribution < -0.4 is 0 Å². The molecule has 2 saturated heterocycles. The summed E-state index contributed by atoms with van der Waals surface area (Å²) in [6.07, 6.45) is 4.07. The number of halogens is 1. The number of hydrogen-bond acceptors (Lipinski definition) is 2. The van der Waals surface area contributed by atoms with Gasteiger partial charge in [0.1, 0.15) is 0 Å². The summed E-state index contributed by atoms with van der Waals surface area (Å²) in [5.41, 5.74) is 1.34. The van der Waals surface area contributed by atoms with Gasteiger partial charge in [0.05, 0.1) is 0 Å². The maximum Gasteiger partial charge on any atom is 0.0409 e. The second-order valence-electron chi connectivity index (χ2n) is 5.55. The van der Waals surface area contributed by atoms with E-state index in [0.29, 0.717) is 0 Å². The first-order valence-corrected chi connectivity index (χ1v) is 7.40. The molecule has 3 rings (SSSR count). The molecule has 0 amide bonds. The summed E-state index contributed by atoms with van der Waals surface area (Å²) in [5, 5.41) is 0.852. The van der Waals surface area contributed by atoms with Crippen LogP contribution in [0.5, 0.6) is 0 Å². The molecule has 0 saturated carbocycles. The number of nitrogens with zero attached hydrogens (tertiary/aromatic N) is 2. The van der Waals surface area contributed by atoms with Crippen LogP contribution >= 0.6 is 11.6 Å². The first-order chi connectivity index (χ1) is 8.81. The summed E-state index contributed by atoms with van der Waals surface area (Å²) in [5.74, 6) is 0. The van der Waals surface area contributed by atoms with Crippen molar-refractivity contribution < 1.29 is 0 Å². The minimum Gasteiger partial charge on any atom is -0.299 e. The number of rotatable bonds is 2. The van der Waals surface area contributed by atoms with E-state index in [2.05, 4.69) is 28.0 Å². The Hall–Kier alpha value is -0.570. The van der Waals surface area contributed by atoms with Crippen molar-refractivity contribution >= 4 is 11.6 Å². The maximum atomic E-state index is 6.06. The molecule has 18 heavy (non-hydrogen) atoms. The Balaban J connectivity index is 1.65. The van der Waals surface area contributed by atoms with Gasteiger partial charge in [0.25, 0.3) is 0 Å². The molecule has 0 radical (unpaired) electrons. The summed E-state index contributed by atoms with van der Waals surface area (Å²) in [7, 11) is 0. The molecule has 0 aliphatic carbocycles. The minimum absolute atomic E-state index is 0.798. The third-order valence-electron chi connectivity index (χ3n) is 4.18. The van der Waals surface area contributed by atoms with E-state index in [1.165, 1.54) is 51.0 Å². The van der Waals surface area contributed by atoms with Crippen molar-refractivity contribution in [2.24, 2.45) is 0 Å². The second kappa shape index (κ2) is 5.60. The lowest BCUT2D eigenvalue weighted by atomic mass is 10.1. The smallest absolute Gasteiger partial charge is 0.0409 e. The van der Waals surface area contributed by atoms with E-state index in [1.54, 1.807) is 0 Å². The SMILES string of the molecule is Clc1cccc(CN2CCCN3CCCC3C2)c1. The number of benzene rings is 1. The highest BCUT2D eigenvalue weighted by Gasteiger charge is 2.28. The lowest BCUT2D eigenvalue weighted by Gasteiger charge is -2.25. The Morgan fingerprint density at radius 1 is 1.17 bits per heavy atom. The highest BCUT2D eigenvalue weighted by atomic mass is 35.5. The highest BCUT2D eigenvalue weighted by molar-refractivity contribution is 6.30. The zero-order valence-electron chi connectivity index (χ0n) is 10.8. The first kappa shape index (κ1) is 12.5. The van der Waals surface area contributed by atoms with Crippen LogP contribution in [-0.2, 0) is 6.54 Å². The van der Waals surface area contributed by atoms with Crippen LogP contribution in [0.2, 0.25) is 5.02 Å². The van der Waals surface area contributed by atoms with Crippen LogP contribution in [0.4, 0.5) is 0 Å². The topological polar surface area (TPSA) is 6.48 Å². The van der Waals surface area contributed by atoms with Crippen LogP contribution in [0, 0.1) is 0 Å². The monoisotopic (exact) mass is 264 g/mol. The molecule has 2 nitrogen and oxygen atoms in total. The van der Waals surface area contributed by atoms with Crippen molar-refractivity contribution in [3.8, 4) is 0 Å². The van der Waals surface area contributed by atoms with E-state index in [9.17, 15) is 0 Å². The fourth-order valence-electron chi connectivity index (χ4n) is 3.32. The molecule has 98 valence electrons. The highest BCUT2D eigenvalue weighted by Crippen LogP contribution is 2.22. The molecule has 1 aromatic rings. The average Bonchev–Trinajstić information content (AvgIpc) is 2.69. The Morgan fingerprint density at radius 2 is 2.06 bits per heavy atom. The van der Waals surface area contributed by atoms with Crippen LogP contribution in [0.15, 0.2) is 24.3 Å². The van der Waals surface area contributed by atoms with E-state index >= 15 is 0 Å². The van der Waals surface area contributed by atoms with Gasteiger partial charge in [0.15, 0.2) is 0 Å². The Labute approximate surface area is 115 Å². The summed E-state index contributed by atoms with van der Waals surface area (Å²) >= 11 is 6.06. The van der Waals surface area contributed by atoms with E-state index in [0.717, 1.165) is 17.6 Å². The molecular formula is C15H21ClN2. The van der Waals surface area contributed by atoms with Gasteiger partial charge in [-0.3, -0.25) is 9.80 Å². The Morgan fingerprint density at radius 3 is 2.94 bits per heavy atom. The summed E-state index contributed by atoms with van der Waals surface area (Å²) in [6.45, 7) is 6.10. The van der Waals surface area contributed by atoms with Crippen molar-refractivity contribution in [1.82, 2.24) is 9.80 Å². The standard InChI is InChI=1S/C15H21ClN2/c16-14-5-1-4-13(10-14)11-17-7-3-9-18-8-2-6-15(18)12-17/h1,4-5,10,15H,2-3,6-9,11-12H2. The van der Waals surface area contributed by atoms with Crippen molar-refractivity contribution in [3.63, 3.8) is 0 Å². The van der Waals surface area contributed by atoms with Crippen LogP contribution in [-0.4, -0.2) is 42.0 Å². The molecular weight excluding hydrogens is 244 g/mol. The third kappa shape index (κ3) is 2.87. The lowest BCUT2D eigenvalue weighted by molar-refractivity contribution is 0.215. The third-order valence-corrected chi connectivity index (χ3v) is 4.42. The van der Waals surface area contributed by atoms with E-state index in [4.69, 9.17) is 11.6 Å². The fourth-order valence-corrected chi connectivity index (χ4v) is 3.53. The van der Waals surface area contributed by atoms with Crippen molar-refractivity contribution in [1.29, 1.82) is 0 Å². The molecule has 0 aromatic heterocycles. The quantitative estimate of drug-likeness (QED) is 0.810. The molecule has 1 aromatic carbocycles. The van der Waals surface area contributed by atoms with E-state index < -0.39 is 0 Å². The lowest BCUT2D eigenvalue weighted by Crippen LogP contribution is -2.36. The molecule has 0 spiro atoms. The van der Waals surface area contributed by atoms with Crippen molar-refractivity contribution in [3.05, 3.63) is 34.9 Å². The molecule has 2 aliphatic heterocycles. The molecule has 2 heterocycles. The van der Waals surface area contributed by atoms with Crippen molar-refractivity contribution in [2.75, 3.05) is 26.2 Å². The largest absolute Gasteiger partial charge is 0.299 e. The summed E-state index contributed by atoms with van der Waals surface area (Å²) in [4.78, 5) is 5.28. The molecule has 2 aliphatic rings. The van der Waals surface area contributed by atoms with Crippen LogP contribution in [0.25, 0.3) is 0 Å². The van der Waals surface area contributed by atoms with Gasteiger partial charge in [-0.05, 0) is 56.6 Å². The second-order valence-corrected chi connectivity index (χ2v) is 5.99. The van der Waals surface area contributed by atoms with Gasteiger partial charge >= 0.3 is 0 Å². The molecule has 0 N–H and O–H groups in total. The predicted octanol–water partition coefficient (Wildman–Crippen LogP) is 3.01. The van der Waals surface area contributed by atoms with Gasteiger partial charge < -0.3 is 0 Å². The zero-order valence-corrected chi connectivity index (χ0v) is 11.6. The van der Waals surface area contributed by atoms with E-state index in [-0.39, 0.29) is 0 Å². The predicted molar refractivity (Wildman–Crippen MR) is 75.9 cm³/mol. The molecule has 1 unspecified atom stereocenters. The van der Waals surface area contributed by atoms with Crippen molar-refractivity contribution in [2.45, 2.75) is 31.8 Å². The van der Waals surface area contributed by atoms with Crippen LogP contribution in [0.1, 0.15) is 24.8 Å². The summed E-state index contributed by atoms with van der Waals surface area (Å²) < 4.78 is 0. The van der Waals surface area contributed by atoms with Gasteiger partial charge in [-0.15, -0.1) is 0 Å². The van der Waals surface area contributed by atoms with Gasteiger partial charge in [-0.25, -0.2) is 0 Å². The Kier molecular flexibility index (Phi) is 3.88. The van der Waals surface area contributed by atoms with Gasteiger partial charge in [0, 0.05) is 24.2 Å². The van der Waals surface area contributed by atoms with Gasteiger partial charge in [-0.2, -0.15) is 0 Å². The number of hydrogen-bond donors (Lipinski definition) is 0. The van der Waals surface area contributed by atoms with Crippen LogP contribution in [0.3, 0.4) is 0 Å². The van der Waals surface area contributed by atoms with Gasteiger partial charge in [-0.1, -0.05) is 23.7 Å². The minimum atomic E-state index is 0.798.